The SMILES string of the molecule is CC(=O)C(N=Nc1cccc(C(=O)Nc2ccccc2CCl)c1Cl)C(=O)Nc1ccc(NC(=O)C(N=Nc2cccc(C(=O)Nc3ccccc3CCl)c2Cl)C(C)=O)c(C(C)Cl)c1. The van der Waals surface area contributed by atoms with Gasteiger partial charge in [0.05, 0.1) is 26.5 Å². The van der Waals surface area contributed by atoms with E-state index in [1.807, 2.05) is 0 Å². The van der Waals surface area contributed by atoms with Crippen molar-refractivity contribution in [3.63, 3.8) is 0 Å². The van der Waals surface area contributed by atoms with Crippen LogP contribution in [-0.2, 0) is 30.9 Å². The fraction of sp³-hybridized carbons (Fsp3) is 0.182. The van der Waals surface area contributed by atoms with Crippen LogP contribution in [0.15, 0.2) is 124 Å². The van der Waals surface area contributed by atoms with Gasteiger partial charge in [0.2, 0.25) is 12.1 Å². The van der Waals surface area contributed by atoms with Gasteiger partial charge in [-0.25, -0.2) is 0 Å². The molecule has 3 unspecified atom stereocenters. The van der Waals surface area contributed by atoms with Crippen LogP contribution in [0.25, 0.3) is 0 Å². The van der Waals surface area contributed by atoms with Gasteiger partial charge in [0, 0.05) is 34.5 Å². The lowest BCUT2D eigenvalue weighted by atomic mass is 10.1. The third-order valence-corrected chi connectivity index (χ3v) is 10.7. The first-order valence-corrected chi connectivity index (χ1v) is 21.1. The number of amides is 4. The zero-order valence-corrected chi connectivity index (χ0v) is 37.4. The first-order chi connectivity index (χ1) is 30.1. The Morgan fingerprint density at radius 3 is 1.43 bits per heavy atom. The zero-order chi connectivity index (χ0) is 45.8. The van der Waals surface area contributed by atoms with Crippen LogP contribution in [0.1, 0.15) is 63.6 Å². The lowest BCUT2D eigenvalue weighted by Crippen LogP contribution is -2.32. The summed E-state index contributed by atoms with van der Waals surface area (Å²) in [7, 11) is 0. The normalized spacial score (nSPS) is 12.6. The van der Waals surface area contributed by atoms with Crippen molar-refractivity contribution in [1.82, 2.24) is 0 Å². The molecule has 0 heterocycles. The van der Waals surface area contributed by atoms with Gasteiger partial charge >= 0.3 is 0 Å². The molecule has 0 aliphatic heterocycles. The quantitative estimate of drug-likeness (QED) is 0.0406. The Morgan fingerprint density at radius 1 is 0.556 bits per heavy atom. The summed E-state index contributed by atoms with van der Waals surface area (Å²) in [6.07, 6.45) is 0. The van der Waals surface area contributed by atoms with Gasteiger partial charge in [-0.1, -0.05) is 71.7 Å². The van der Waals surface area contributed by atoms with Crippen LogP contribution >= 0.6 is 58.0 Å². The standard InChI is InChI=1S/C44H37Cl5N8O6/c1-23(47)31-20-28(50-43(62)39(24(2)58)56-54-35-16-8-12-29(37(35)48)41(60)51-32-14-6-4-10-26(32)21-45)18-19-34(31)53-44(63)40(25(3)59)57-55-36-17-9-13-30(38(36)49)42(61)52-33-15-7-5-11-27(33)22-46/h4-20,23,39-40H,21-22H2,1-3H3,(H,50,62)(H,51,60)(H,52,61)(H,53,63). The fourth-order valence-corrected chi connectivity index (χ4v) is 6.96. The van der Waals surface area contributed by atoms with E-state index in [0.29, 0.717) is 28.1 Å². The van der Waals surface area contributed by atoms with E-state index >= 15 is 0 Å². The van der Waals surface area contributed by atoms with E-state index in [1.54, 1.807) is 55.5 Å². The number of ketones is 2. The number of nitrogens with one attached hydrogen (secondary N) is 4. The number of carbonyl (C=O) groups excluding carboxylic acids is 6. The second kappa shape index (κ2) is 22.4. The summed E-state index contributed by atoms with van der Waals surface area (Å²) >= 11 is 31.6. The maximum atomic E-state index is 13.5. The molecule has 4 N–H and O–H groups in total. The number of alkyl halides is 3. The van der Waals surface area contributed by atoms with Crippen LogP contribution in [-0.4, -0.2) is 47.3 Å². The number of azo groups is 2. The van der Waals surface area contributed by atoms with Crippen LogP contribution in [0, 0.1) is 0 Å². The van der Waals surface area contributed by atoms with Crippen molar-refractivity contribution in [3.05, 3.63) is 141 Å². The summed E-state index contributed by atoms with van der Waals surface area (Å²) in [6, 6.07) is 24.0. The van der Waals surface area contributed by atoms with Gasteiger partial charge in [-0.2, -0.15) is 20.5 Å². The topological polar surface area (TPSA) is 200 Å². The van der Waals surface area contributed by atoms with Gasteiger partial charge in [-0.05, 0) is 92.1 Å². The largest absolute Gasteiger partial charge is 0.324 e. The van der Waals surface area contributed by atoms with Gasteiger partial charge in [0.1, 0.15) is 11.4 Å². The molecule has 0 radical (unpaired) electrons. The third kappa shape index (κ3) is 12.3. The van der Waals surface area contributed by atoms with E-state index < -0.39 is 52.7 Å². The van der Waals surface area contributed by atoms with E-state index in [1.165, 1.54) is 54.6 Å². The summed E-state index contributed by atoms with van der Waals surface area (Å²) in [5.41, 5.74) is 3.27. The van der Waals surface area contributed by atoms with Crippen LogP contribution in [0.3, 0.4) is 0 Å². The average molecular weight is 951 g/mol. The fourth-order valence-electron chi connectivity index (χ4n) is 5.81. The molecule has 0 aliphatic carbocycles. The van der Waals surface area contributed by atoms with Gasteiger partial charge in [-0.3, -0.25) is 28.8 Å². The van der Waals surface area contributed by atoms with E-state index in [-0.39, 0.29) is 55.7 Å². The summed E-state index contributed by atoms with van der Waals surface area (Å²) in [4.78, 5) is 78.4. The molecule has 0 fully saturated rings. The number of rotatable bonds is 17. The van der Waals surface area contributed by atoms with Crippen LogP contribution in [0.4, 0.5) is 34.1 Å². The minimum absolute atomic E-state index is 0.0249. The molecule has 0 bridgehead atoms. The van der Waals surface area contributed by atoms with E-state index in [9.17, 15) is 28.8 Å². The van der Waals surface area contributed by atoms with Gasteiger partial charge in [-0.15, -0.1) is 34.8 Å². The first kappa shape index (κ1) is 48.0. The van der Waals surface area contributed by atoms with Crippen molar-refractivity contribution in [2.24, 2.45) is 20.5 Å². The highest BCUT2D eigenvalue weighted by Crippen LogP contribution is 2.34. The van der Waals surface area contributed by atoms with E-state index in [4.69, 9.17) is 58.0 Å². The summed E-state index contributed by atoms with van der Waals surface area (Å²) < 4.78 is 0. The molecule has 5 aromatic carbocycles. The molecule has 0 aliphatic rings. The first-order valence-electron chi connectivity index (χ1n) is 18.8. The molecule has 0 saturated carbocycles. The molecule has 3 atom stereocenters. The maximum absolute atomic E-state index is 13.5. The molecule has 324 valence electrons. The van der Waals surface area contributed by atoms with E-state index in [2.05, 4.69) is 41.7 Å². The van der Waals surface area contributed by atoms with Gasteiger partial charge in [0.15, 0.2) is 11.6 Å². The Hall–Kier alpha value is -6.03. The molecule has 5 aromatic rings. The average Bonchev–Trinajstić information content (AvgIpc) is 3.25. The lowest BCUT2D eigenvalue weighted by molar-refractivity contribution is -0.127. The molecule has 63 heavy (non-hydrogen) atoms. The number of halogens is 5. The molecule has 0 aromatic heterocycles. The highest BCUT2D eigenvalue weighted by molar-refractivity contribution is 6.37. The molecular formula is C44H37Cl5N8O6. The lowest BCUT2D eigenvalue weighted by Gasteiger charge is -2.17. The number of nitrogens with zero attached hydrogens (tertiary/aromatic N) is 4. The van der Waals surface area contributed by atoms with Crippen molar-refractivity contribution in [1.29, 1.82) is 0 Å². The molecule has 5 rings (SSSR count). The zero-order valence-electron chi connectivity index (χ0n) is 33.6. The number of Topliss-reactive ketones (excluding diaryl/α,β-unsaturated/α-hetero) is 2. The van der Waals surface area contributed by atoms with E-state index in [0.717, 1.165) is 13.8 Å². The molecular weight excluding hydrogens is 914 g/mol. The monoisotopic (exact) mass is 948 g/mol. The second-order valence-corrected chi connectivity index (χ2v) is 15.6. The molecule has 4 amide bonds. The number of anilines is 4. The van der Waals surface area contributed by atoms with Crippen LogP contribution < -0.4 is 21.3 Å². The number of benzene rings is 5. The highest BCUT2D eigenvalue weighted by Gasteiger charge is 2.27. The molecule has 0 spiro atoms. The number of hydrogen-bond acceptors (Lipinski definition) is 10. The highest BCUT2D eigenvalue weighted by atomic mass is 35.5. The predicted octanol–water partition coefficient (Wildman–Crippen LogP) is 11.6. The number of hydrogen-bond donors (Lipinski definition) is 4. The summed E-state index contributed by atoms with van der Waals surface area (Å²) in [5, 5.41) is 25.9. The van der Waals surface area contributed by atoms with Crippen molar-refractivity contribution in [2.45, 2.75) is 50.0 Å². The Morgan fingerprint density at radius 2 is 1.00 bits per heavy atom. The minimum Gasteiger partial charge on any atom is -0.324 e. The van der Waals surface area contributed by atoms with Crippen molar-refractivity contribution >= 4 is 127 Å². The Kier molecular flexibility index (Phi) is 17.0. The Bertz CT molecular complexity index is 2640. The van der Waals surface area contributed by atoms with Crippen molar-refractivity contribution in [3.8, 4) is 0 Å². The molecule has 19 heteroatoms. The van der Waals surface area contributed by atoms with Crippen molar-refractivity contribution in [2.75, 3.05) is 21.3 Å². The predicted molar refractivity (Wildman–Crippen MR) is 247 cm³/mol. The number of carbonyl (C=O) groups is 6. The molecule has 14 nitrogen and oxygen atoms in total. The van der Waals surface area contributed by atoms with Gasteiger partial charge in [0.25, 0.3) is 23.6 Å². The Balaban J connectivity index is 1.29. The van der Waals surface area contributed by atoms with Crippen molar-refractivity contribution < 1.29 is 28.8 Å². The third-order valence-electron chi connectivity index (χ3n) is 9.10. The number of para-hydroxylation sites is 2. The van der Waals surface area contributed by atoms with Crippen LogP contribution in [0.5, 0.6) is 0 Å². The Labute approximate surface area is 386 Å². The minimum atomic E-state index is -1.63. The molecule has 0 saturated heterocycles. The smallest absolute Gasteiger partial charge is 0.258 e. The second-order valence-electron chi connectivity index (χ2n) is 13.6. The summed E-state index contributed by atoms with van der Waals surface area (Å²) in [6.45, 7) is 3.92. The van der Waals surface area contributed by atoms with Gasteiger partial charge < -0.3 is 21.3 Å². The maximum Gasteiger partial charge on any atom is 0.258 e. The summed E-state index contributed by atoms with van der Waals surface area (Å²) in [5.74, 6) is -3.77. The van der Waals surface area contributed by atoms with Crippen LogP contribution in [0.2, 0.25) is 10.0 Å².